The largest absolute Gasteiger partial charge is 0.394 e. The molecule has 3 rings (SSSR count). The lowest BCUT2D eigenvalue weighted by molar-refractivity contribution is 0.0820. The molecule has 1 atom stereocenters. The summed E-state index contributed by atoms with van der Waals surface area (Å²) in [4.78, 5) is 17.6. The second kappa shape index (κ2) is 7.27. The zero-order valence-corrected chi connectivity index (χ0v) is 13.8. The van der Waals surface area contributed by atoms with E-state index in [1.54, 1.807) is 4.57 Å². The van der Waals surface area contributed by atoms with Crippen molar-refractivity contribution in [2.75, 3.05) is 6.61 Å². The average molecular weight is 357 g/mol. The van der Waals surface area contributed by atoms with Gasteiger partial charge < -0.3 is 26.2 Å². The van der Waals surface area contributed by atoms with E-state index in [1.807, 2.05) is 17.5 Å². The fourth-order valence-corrected chi connectivity index (χ4v) is 2.64. The van der Waals surface area contributed by atoms with Gasteiger partial charge in [-0.25, -0.2) is 9.97 Å². The number of aliphatic imine (C=N–C) groups is 1. The molecule has 128 valence electrons. The first-order chi connectivity index (χ1) is 12.1. The smallest absolute Gasteiger partial charge is 0.209 e. The first-order valence-electron chi connectivity index (χ1n) is 7.23. The molecule has 25 heavy (non-hydrogen) atoms. The molecule has 0 saturated heterocycles. The minimum atomic E-state index is -0.945. The number of aliphatic hydroxyl groups is 2. The van der Waals surface area contributed by atoms with Gasteiger partial charge in [0.1, 0.15) is 0 Å². The first kappa shape index (κ1) is 16.8. The standard InChI is InChI=1S/C15H15N7O2S/c16-15(17)21-13-12-14(22(8-18-12)6-9(24)7-23)20-11(19-13)4-3-10-2-1-5-25-10/h1-2,5,8-9,23-24H,6-7H2,(H4,16,17,19,20,21). The van der Waals surface area contributed by atoms with Gasteiger partial charge in [-0.05, 0) is 23.3 Å². The van der Waals surface area contributed by atoms with Gasteiger partial charge in [0.2, 0.25) is 5.82 Å². The van der Waals surface area contributed by atoms with Gasteiger partial charge in [0.05, 0.1) is 30.5 Å². The van der Waals surface area contributed by atoms with E-state index in [2.05, 4.69) is 31.8 Å². The number of aliphatic hydroxyl groups excluding tert-OH is 2. The third-order valence-corrected chi connectivity index (χ3v) is 3.90. The predicted octanol–water partition coefficient (Wildman–Crippen LogP) is -0.454. The Morgan fingerprint density at radius 1 is 1.36 bits per heavy atom. The Hall–Kier alpha value is -3.00. The van der Waals surface area contributed by atoms with Crippen LogP contribution >= 0.6 is 11.3 Å². The molecule has 0 bridgehead atoms. The fourth-order valence-electron chi connectivity index (χ4n) is 2.07. The maximum Gasteiger partial charge on any atom is 0.209 e. The van der Waals surface area contributed by atoms with E-state index in [-0.39, 0.29) is 30.8 Å². The summed E-state index contributed by atoms with van der Waals surface area (Å²) in [5.74, 6) is 6.09. The molecular formula is C15H15N7O2S. The Kier molecular flexibility index (Phi) is 4.90. The molecule has 0 radical (unpaired) electrons. The average Bonchev–Trinajstić information content (AvgIpc) is 3.22. The maximum atomic E-state index is 9.67. The Morgan fingerprint density at radius 2 is 2.20 bits per heavy atom. The second-order valence-corrected chi connectivity index (χ2v) is 5.99. The Morgan fingerprint density at radius 3 is 2.88 bits per heavy atom. The first-order valence-corrected chi connectivity index (χ1v) is 8.11. The molecule has 0 aliphatic carbocycles. The molecule has 0 aromatic carbocycles. The van der Waals surface area contributed by atoms with Gasteiger partial charge in [-0.1, -0.05) is 6.07 Å². The van der Waals surface area contributed by atoms with Crippen LogP contribution in [0.5, 0.6) is 0 Å². The summed E-state index contributed by atoms with van der Waals surface area (Å²) in [6.45, 7) is -0.264. The summed E-state index contributed by atoms with van der Waals surface area (Å²) in [7, 11) is 0. The van der Waals surface area contributed by atoms with Crippen molar-refractivity contribution in [3.8, 4) is 11.8 Å². The summed E-state index contributed by atoms with van der Waals surface area (Å²) in [6, 6.07) is 3.78. The van der Waals surface area contributed by atoms with Crippen molar-refractivity contribution in [2.45, 2.75) is 12.6 Å². The van der Waals surface area contributed by atoms with Crippen LogP contribution in [0.4, 0.5) is 5.82 Å². The number of hydrogen-bond donors (Lipinski definition) is 4. The highest BCUT2D eigenvalue weighted by Gasteiger charge is 2.14. The molecule has 1 unspecified atom stereocenters. The Balaban J connectivity index is 2.11. The second-order valence-electron chi connectivity index (χ2n) is 5.04. The molecular weight excluding hydrogens is 342 g/mol. The summed E-state index contributed by atoms with van der Waals surface area (Å²) >= 11 is 1.50. The fraction of sp³-hybridized carbons (Fsp3) is 0.200. The van der Waals surface area contributed by atoms with Gasteiger partial charge in [-0.3, -0.25) is 0 Å². The van der Waals surface area contributed by atoms with Crippen molar-refractivity contribution in [3.05, 3.63) is 34.5 Å². The van der Waals surface area contributed by atoms with Gasteiger partial charge in [0.15, 0.2) is 22.9 Å². The highest BCUT2D eigenvalue weighted by Crippen LogP contribution is 2.21. The molecule has 3 heterocycles. The number of nitrogens with zero attached hydrogens (tertiary/aromatic N) is 5. The van der Waals surface area contributed by atoms with Crippen molar-refractivity contribution in [1.82, 2.24) is 19.5 Å². The number of thiophene rings is 1. The number of aromatic nitrogens is 4. The lowest BCUT2D eigenvalue weighted by atomic mass is 10.3. The molecule has 0 spiro atoms. The third-order valence-electron chi connectivity index (χ3n) is 3.12. The molecule has 0 fully saturated rings. The highest BCUT2D eigenvalue weighted by molar-refractivity contribution is 7.10. The van der Waals surface area contributed by atoms with Gasteiger partial charge >= 0.3 is 0 Å². The van der Waals surface area contributed by atoms with Gasteiger partial charge in [-0.15, -0.1) is 11.3 Å². The van der Waals surface area contributed by atoms with E-state index in [4.69, 9.17) is 16.6 Å². The summed E-state index contributed by atoms with van der Waals surface area (Å²) < 4.78 is 1.58. The van der Waals surface area contributed by atoms with E-state index >= 15 is 0 Å². The lowest BCUT2D eigenvalue weighted by Crippen LogP contribution is -2.22. The summed E-state index contributed by atoms with van der Waals surface area (Å²) in [5.41, 5.74) is 11.7. The molecule has 6 N–H and O–H groups in total. The minimum absolute atomic E-state index is 0.114. The van der Waals surface area contributed by atoms with E-state index < -0.39 is 6.10 Å². The number of imidazole rings is 1. The van der Waals surface area contributed by atoms with Crippen molar-refractivity contribution in [3.63, 3.8) is 0 Å². The van der Waals surface area contributed by atoms with Crippen molar-refractivity contribution in [1.29, 1.82) is 0 Å². The molecule has 0 amide bonds. The van der Waals surface area contributed by atoms with Crippen LogP contribution in [-0.4, -0.2) is 48.4 Å². The molecule has 0 aliphatic rings. The SMILES string of the molecule is NC(N)=Nc1nc(C#Cc2cccs2)nc2c1ncn2CC(O)CO. The Bertz CT molecular complexity index is 965. The molecule has 3 aromatic rings. The van der Waals surface area contributed by atoms with Gasteiger partial charge in [0.25, 0.3) is 0 Å². The predicted molar refractivity (Wildman–Crippen MR) is 94.2 cm³/mol. The van der Waals surface area contributed by atoms with Crippen LogP contribution in [0, 0.1) is 11.8 Å². The molecule has 9 nitrogen and oxygen atoms in total. The van der Waals surface area contributed by atoms with Gasteiger partial charge in [0, 0.05) is 0 Å². The Labute approximate surface area is 146 Å². The number of nitrogens with two attached hydrogens (primary N) is 2. The van der Waals surface area contributed by atoms with E-state index in [1.165, 1.54) is 17.7 Å². The van der Waals surface area contributed by atoms with Crippen molar-refractivity contribution >= 4 is 34.3 Å². The van der Waals surface area contributed by atoms with Crippen molar-refractivity contribution in [2.24, 2.45) is 16.5 Å². The zero-order chi connectivity index (χ0) is 17.8. The highest BCUT2D eigenvalue weighted by atomic mass is 32.1. The number of fused-ring (bicyclic) bond motifs is 1. The van der Waals surface area contributed by atoms with Crippen molar-refractivity contribution < 1.29 is 10.2 Å². The van der Waals surface area contributed by atoms with Crippen LogP contribution in [0.2, 0.25) is 0 Å². The number of guanidine groups is 1. The normalized spacial score (nSPS) is 11.8. The molecule has 10 heteroatoms. The molecule has 3 aromatic heterocycles. The zero-order valence-electron chi connectivity index (χ0n) is 13.0. The number of rotatable bonds is 4. The van der Waals surface area contributed by atoms with E-state index in [9.17, 15) is 5.11 Å². The van der Waals surface area contributed by atoms with Crippen LogP contribution in [0.25, 0.3) is 11.2 Å². The summed E-state index contributed by atoms with van der Waals surface area (Å²) in [6.07, 6.45) is 0.528. The quantitative estimate of drug-likeness (QED) is 0.280. The monoisotopic (exact) mass is 357 g/mol. The van der Waals surface area contributed by atoms with Crippen LogP contribution in [-0.2, 0) is 6.54 Å². The van der Waals surface area contributed by atoms with Gasteiger partial charge in [-0.2, -0.15) is 9.98 Å². The maximum absolute atomic E-state index is 9.67. The van der Waals surface area contributed by atoms with Crippen LogP contribution in [0.1, 0.15) is 10.7 Å². The number of hydrogen-bond acceptors (Lipinski definition) is 7. The molecule has 0 saturated carbocycles. The molecule has 0 aliphatic heterocycles. The van der Waals surface area contributed by atoms with Crippen LogP contribution in [0.15, 0.2) is 28.8 Å². The minimum Gasteiger partial charge on any atom is -0.394 e. The van der Waals surface area contributed by atoms with Crippen LogP contribution in [0.3, 0.4) is 0 Å². The van der Waals surface area contributed by atoms with Crippen LogP contribution < -0.4 is 11.5 Å². The summed E-state index contributed by atoms with van der Waals surface area (Å²) in [5, 5.41) is 20.6. The lowest BCUT2D eigenvalue weighted by Gasteiger charge is -2.08. The van der Waals surface area contributed by atoms with E-state index in [0.717, 1.165) is 4.88 Å². The van der Waals surface area contributed by atoms with E-state index in [0.29, 0.717) is 11.2 Å². The third kappa shape index (κ3) is 3.92. The topological polar surface area (TPSA) is 148 Å².